The number of benzene rings is 1. The summed E-state index contributed by atoms with van der Waals surface area (Å²) < 4.78 is 1.59. The first-order chi connectivity index (χ1) is 8.16. The lowest BCUT2D eigenvalue weighted by Crippen LogP contribution is -2.03. The number of carboxylic acids is 1. The van der Waals surface area contributed by atoms with Crippen molar-refractivity contribution in [1.29, 1.82) is 0 Å². The molecule has 2 aromatic rings. The van der Waals surface area contributed by atoms with Crippen LogP contribution in [-0.2, 0) is 17.8 Å². The molecule has 1 heterocycles. The zero-order valence-electron chi connectivity index (χ0n) is 9.01. The van der Waals surface area contributed by atoms with Crippen molar-refractivity contribution in [3.05, 3.63) is 52.8 Å². The van der Waals surface area contributed by atoms with Gasteiger partial charge in [0.1, 0.15) is 5.15 Å². The molecule has 1 aromatic heterocycles. The second kappa shape index (κ2) is 5.01. The minimum atomic E-state index is -0.911. The topological polar surface area (TPSA) is 55.1 Å². The smallest absolute Gasteiger partial charge is 0.307 e. The Hall–Kier alpha value is -1.81. The van der Waals surface area contributed by atoms with Gasteiger partial charge in [-0.15, -0.1) is 0 Å². The van der Waals surface area contributed by atoms with E-state index in [9.17, 15) is 4.79 Å². The fourth-order valence-electron chi connectivity index (χ4n) is 1.56. The fourth-order valence-corrected chi connectivity index (χ4v) is 1.78. The van der Waals surface area contributed by atoms with Crippen LogP contribution in [-0.4, -0.2) is 20.9 Å². The number of carboxylic acid groups (broad SMARTS) is 1. The molecule has 0 bridgehead atoms. The Labute approximate surface area is 103 Å². The summed E-state index contributed by atoms with van der Waals surface area (Å²) in [5.41, 5.74) is 1.61. The number of nitrogens with zero attached hydrogens (tertiary/aromatic N) is 2. The molecule has 1 aromatic carbocycles. The molecule has 88 valence electrons. The van der Waals surface area contributed by atoms with Gasteiger partial charge < -0.3 is 5.11 Å². The number of rotatable bonds is 4. The maximum atomic E-state index is 10.6. The Morgan fingerprint density at radius 2 is 2.06 bits per heavy atom. The van der Waals surface area contributed by atoms with Gasteiger partial charge in [0.2, 0.25) is 0 Å². The molecule has 0 spiro atoms. The van der Waals surface area contributed by atoms with Crippen molar-refractivity contribution in [2.75, 3.05) is 0 Å². The van der Waals surface area contributed by atoms with Gasteiger partial charge in [-0.05, 0) is 5.56 Å². The summed E-state index contributed by atoms with van der Waals surface area (Å²) in [5, 5.41) is 13.2. The summed E-state index contributed by atoms with van der Waals surface area (Å²) >= 11 is 6.06. The van der Waals surface area contributed by atoms with Gasteiger partial charge >= 0.3 is 5.97 Å². The Balaban J connectivity index is 2.18. The third kappa shape index (κ3) is 2.85. The lowest BCUT2D eigenvalue weighted by molar-refractivity contribution is -0.136. The molecule has 0 amide bonds. The molecule has 2 rings (SSSR count). The lowest BCUT2D eigenvalue weighted by Gasteiger charge is -2.03. The highest BCUT2D eigenvalue weighted by Gasteiger charge is 2.11. The maximum Gasteiger partial charge on any atom is 0.307 e. The first kappa shape index (κ1) is 11.7. The summed E-state index contributed by atoms with van der Waals surface area (Å²) in [4.78, 5) is 10.6. The summed E-state index contributed by atoms with van der Waals surface area (Å²) in [6.45, 7) is 0.541. The highest BCUT2D eigenvalue weighted by molar-refractivity contribution is 6.30. The van der Waals surface area contributed by atoms with E-state index in [1.54, 1.807) is 4.68 Å². The summed E-state index contributed by atoms with van der Waals surface area (Å²) in [5.74, 6) is -0.911. The van der Waals surface area contributed by atoms with Crippen molar-refractivity contribution in [3.63, 3.8) is 0 Å². The molecule has 0 fully saturated rings. The number of aromatic nitrogens is 2. The summed E-state index contributed by atoms with van der Waals surface area (Å²) in [6, 6.07) is 9.74. The third-order valence-corrected chi connectivity index (χ3v) is 2.80. The van der Waals surface area contributed by atoms with E-state index in [1.807, 2.05) is 30.3 Å². The van der Waals surface area contributed by atoms with Crippen molar-refractivity contribution in [2.24, 2.45) is 0 Å². The summed E-state index contributed by atoms with van der Waals surface area (Å²) in [6.07, 6.45) is 1.40. The van der Waals surface area contributed by atoms with Crippen molar-refractivity contribution in [2.45, 2.75) is 13.0 Å². The van der Waals surface area contributed by atoms with Gasteiger partial charge in [-0.1, -0.05) is 41.9 Å². The van der Waals surface area contributed by atoms with Crippen molar-refractivity contribution in [1.82, 2.24) is 9.78 Å². The van der Waals surface area contributed by atoms with Gasteiger partial charge in [-0.2, -0.15) is 5.10 Å². The Morgan fingerprint density at radius 1 is 1.35 bits per heavy atom. The second-order valence-electron chi connectivity index (χ2n) is 3.67. The molecule has 0 saturated carbocycles. The monoisotopic (exact) mass is 250 g/mol. The zero-order chi connectivity index (χ0) is 12.3. The average Bonchev–Trinajstić information content (AvgIpc) is 2.62. The molecule has 4 nitrogen and oxygen atoms in total. The van der Waals surface area contributed by atoms with Crippen LogP contribution >= 0.6 is 11.6 Å². The van der Waals surface area contributed by atoms with Gasteiger partial charge in [0.25, 0.3) is 0 Å². The van der Waals surface area contributed by atoms with Crippen LogP contribution in [0.5, 0.6) is 0 Å². The molecule has 0 atom stereocenters. The van der Waals surface area contributed by atoms with Crippen LogP contribution in [0.2, 0.25) is 5.15 Å². The van der Waals surface area contributed by atoms with E-state index in [4.69, 9.17) is 16.7 Å². The van der Waals surface area contributed by atoms with E-state index in [1.165, 1.54) is 6.20 Å². The number of hydrogen-bond acceptors (Lipinski definition) is 2. The lowest BCUT2D eigenvalue weighted by atomic mass is 10.2. The molecule has 5 heteroatoms. The van der Waals surface area contributed by atoms with Crippen LogP contribution < -0.4 is 0 Å². The molecular weight excluding hydrogens is 240 g/mol. The number of aliphatic carboxylic acids is 1. The van der Waals surface area contributed by atoms with E-state index < -0.39 is 5.97 Å². The number of halogens is 1. The Kier molecular flexibility index (Phi) is 3.44. The van der Waals surface area contributed by atoms with Crippen LogP contribution in [0.4, 0.5) is 0 Å². The Bertz CT molecular complexity index is 523. The largest absolute Gasteiger partial charge is 0.481 e. The molecule has 1 N–H and O–H groups in total. The molecule has 0 unspecified atom stereocenters. The molecule has 17 heavy (non-hydrogen) atoms. The van der Waals surface area contributed by atoms with E-state index in [-0.39, 0.29) is 6.42 Å². The SMILES string of the molecule is O=C(O)Cc1cnn(Cc2ccccc2)c1Cl. The van der Waals surface area contributed by atoms with E-state index in [0.29, 0.717) is 17.3 Å². The zero-order valence-corrected chi connectivity index (χ0v) is 9.76. The molecule has 0 aliphatic rings. The first-order valence-corrected chi connectivity index (χ1v) is 5.50. The number of carbonyl (C=O) groups is 1. The average molecular weight is 251 g/mol. The van der Waals surface area contributed by atoms with Crippen LogP contribution in [0.3, 0.4) is 0 Å². The predicted octanol–water partition coefficient (Wildman–Crippen LogP) is 2.21. The van der Waals surface area contributed by atoms with Crippen molar-refractivity contribution >= 4 is 17.6 Å². The minimum absolute atomic E-state index is 0.104. The van der Waals surface area contributed by atoms with Crippen LogP contribution in [0.1, 0.15) is 11.1 Å². The van der Waals surface area contributed by atoms with E-state index in [0.717, 1.165) is 5.56 Å². The number of hydrogen-bond donors (Lipinski definition) is 1. The van der Waals surface area contributed by atoms with Gasteiger partial charge in [-0.3, -0.25) is 4.79 Å². The van der Waals surface area contributed by atoms with Crippen molar-refractivity contribution in [3.8, 4) is 0 Å². The molecular formula is C12H11ClN2O2. The normalized spacial score (nSPS) is 10.4. The van der Waals surface area contributed by atoms with E-state index >= 15 is 0 Å². The molecule has 0 aliphatic carbocycles. The van der Waals surface area contributed by atoms with E-state index in [2.05, 4.69) is 5.10 Å². The predicted molar refractivity (Wildman–Crippen MR) is 64.1 cm³/mol. The molecule has 0 saturated heterocycles. The van der Waals surface area contributed by atoms with Gasteiger partial charge in [0.15, 0.2) is 0 Å². The third-order valence-electron chi connectivity index (χ3n) is 2.36. The molecule has 0 aliphatic heterocycles. The minimum Gasteiger partial charge on any atom is -0.481 e. The highest BCUT2D eigenvalue weighted by Crippen LogP contribution is 2.17. The molecule has 0 radical (unpaired) electrons. The van der Waals surface area contributed by atoms with Crippen molar-refractivity contribution < 1.29 is 9.90 Å². The fraction of sp³-hybridized carbons (Fsp3) is 0.167. The Morgan fingerprint density at radius 3 is 2.71 bits per heavy atom. The highest BCUT2D eigenvalue weighted by atomic mass is 35.5. The van der Waals surface area contributed by atoms with Crippen LogP contribution in [0, 0.1) is 0 Å². The van der Waals surface area contributed by atoms with Gasteiger partial charge in [0, 0.05) is 5.56 Å². The second-order valence-corrected chi connectivity index (χ2v) is 4.03. The first-order valence-electron chi connectivity index (χ1n) is 5.12. The standard InChI is InChI=1S/C12H11ClN2O2/c13-12-10(6-11(16)17)7-14-15(12)8-9-4-2-1-3-5-9/h1-5,7H,6,8H2,(H,16,17). The van der Waals surface area contributed by atoms with Gasteiger partial charge in [-0.25, -0.2) is 4.68 Å². The van der Waals surface area contributed by atoms with Crippen LogP contribution in [0.25, 0.3) is 0 Å². The quantitative estimate of drug-likeness (QED) is 0.905. The summed E-state index contributed by atoms with van der Waals surface area (Å²) in [7, 11) is 0. The van der Waals surface area contributed by atoms with Crippen LogP contribution in [0.15, 0.2) is 36.5 Å². The van der Waals surface area contributed by atoms with Gasteiger partial charge in [0.05, 0.1) is 19.2 Å². The maximum absolute atomic E-state index is 10.6.